The number of carbonyl (C=O) groups excluding carboxylic acids is 4. The number of anilines is 4. The fraction of sp³-hybridized carbons (Fsp3) is 0.300. The summed E-state index contributed by atoms with van der Waals surface area (Å²) in [6, 6.07) is 21.9. The predicted octanol–water partition coefficient (Wildman–Crippen LogP) is 16.7. The Hall–Kier alpha value is -9.19. The molecular weight excluding hydrogens is 1280 g/mol. The molecule has 0 aliphatic heterocycles. The average Bonchev–Trinajstić information content (AvgIpc) is 0.728. The summed E-state index contributed by atoms with van der Waals surface area (Å²) in [4.78, 5) is 49.7. The zero-order valence-corrected chi connectivity index (χ0v) is 49.0. The van der Waals surface area contributed by atoms with Crippen molar-refractivity contribution in [3.8, 4) is 23.6 Å². The molecule has 6 rings (SSSR count). The first-order valence-electron chi connectivity index (χ1n) is 25.8. The number of para-hydroxylation sites is 2. The lowest BCUT2D eigenvalue weighted by atomic mass is 9.85. The molecule has 2 unspecified atom stereocenters. The molecule has 0 aromatic heterocycles. The monoisotopic (exact) mass is 1330 g/mol. The Balaban J connectivity index is 0.000000336. The highest BCUT2D eigenvalue weighted by Crippen LogP contribution is 2.60. The molecule has 488 valence electrons. The minimum atomic E-state index is -6.89. The summed E-state index contributed by atoms with van der Waals surface area (Å²) in [5.41, 5.74) is -9.90. The minimum absolute atomic E-state index is 0.0171. The molecule has 12 nitrogen and oxygen atoms in total. The molecule has 6 aromatic carbocycles. The van der Waals surface area contributed by atoms with Crippen LogP contribution in [0, 0.1) is 50.4 Å². The fourth-order valence-electron chi connectivity index (χ4n) is 8.96. The maximum atomic E-state index is 15.1. The highest BCUT2D eigenvalue weighted by Gasteiger charge is 2.83. The van der Waals surface area contributed by atoms with Crippen LogP contribution < -0.4 is 31.2 Å². The Labute approximate surface area is 510 Å². The molecule has 2 atom stereocenters. The lowest BCUT2D eigenvalue weighted by Crippen LogP contribution is -2.59. The number of benzene rings is 6. The molecular formula is C60H49ClF18N6O6. The molecule has 91 heavy (non-hydrogen) atoms. The summed E-state index contributed by atoms with van der Waals surface area (Å²) in [5, 5.41) is 24.4. The summed E-state index contributed by atoms with van der Waals surface area (Å²) >= 11 is 5.28. The van der Waals surface area contributed by atoms with Gasteiger partial charge in [-0.1, -0.05) is 38.1 Å². The van der Waals surface area contributed by atoms with Crippen molar-refractivity contribution in [1.82, 2.24) is 0 Å². The van der Waals surface area contributed by atoms with E-state index in [1.807, 2.05) is 12.1 Å². The highest BCUT2D eigenvalue weighted by molar-refractivity contribution is 6.67. The normalized spacial score (nSPS) is 13.2. The van der Waals surface area contributed by atoms with Crippen LogP contribution in [0.4, 0.5) is 102 Å². The second-order valence-electron chi connectivity index (χ2n) is 19.6. The van der Waals surface area contributed by atoms with Gasteiger partial charge in [-0.2, -0.15) is 80.8 Å². The van der Waals surface area contributed by atoms with Gasteiger partial charge < -0.3 is 31.2 Å². The maximum absolute atomic E-state index is 15.1. The second-order valence-corrected chi connectivity index (χ2v) is 19.9. The Morgan fingerprint density at radius 2 is 0.835 bits per heavy atom. The number of hydrogen-bond donors (Lipinski definition) is 4. The number of nitrogens with zero attached hydrogens (tertiary/aromatic N) is 2. The molecule has 5 N–H and O–H groups in total. The number of carbonyl (C=O) groups is 4. The van der Waals surface area contributed by atoms with Crippen LogP contribution >= 0.6 is 11.6 Å². The van der Waals surface area contributed by atoms with Crippen LogP contribution in [-0.4, -0.2) is 73.7 Å². The van der Waals surface area contributed by atoms with Crippen molar-refractivity contribution < 1.29 is 108 Å². The smallest absolute Gasteiger partial charge is 0.457 e. The van der Waals surface area contributed by atoms with E-state index < -0.39 is 87.5 Å². The van der Waals surface area contributed by atoms with Gasteiger partial charge in [0, 0.05) is 33.6 Å². The van der Waals surface area contributed by atoms with Crippen LogP contribution in [0.25, 0.3) is 0 Å². The number of methoxy groups -OCH3 is 2. The minimum Gasteiger partial charge on any atom is -0.494 e. The molecule has 31 heteroatoms. The standard InChI is InChI=1S/C30H24F9N3O3.C21H19F9N2O2.C9H6ClNO/c1-5-18-13-19(27(31,29(34,35)36)28(32,33)30(37,38)39)12-16(3)23(18)42-26(44)21-7-6-8-22(24(21)45-4)41-25(43)20-10-9-17(14-40)11-15(20)2;1-4-11-9-12(18(22,20(25,26)27)19(23,24)21(28,29)30)8-10(2)15(11)32-17(33)13-6-5-7-14(31)16(13)34-3;1-6-4-7(5-11)2-3-8(6)9(10)12/h6-13H,5H2,1-4H3,(H,41,43)(H,42,44);5-9H,4,31H2,1-3H3,(H,32,33);2-4H,1H3. The summed E-state index contributed by atoms with van der Waals surface area (Å²) in [6.07, 6.45) is -27.6. The third kappa shape index (κ3) is 15.0. The van der Waals surface area contributed by atoms with Crippen molar-refractivity contribution in [3.63, 3.8) is 0 Å². The van der Waals surface area contributed by atoms with Crippen LogP contribution in [0.1, 0.15) is 111 Å². The number of ether oxygens (including phenoxy) is 2. The molecule has 0 aliphatic rings. The van der Waals surface area contributed by atoms with Crippen molar-refractivity contribution >= 4 is 57.3 Å². The Kier molecular flexibility index (Phi) is 22.8. The highest BCUT2D eigenvalue weighted by atomic mass is 35.5. The number of nitrogen functional groups attached to an aromatic ring is 1. The van der Waals surface area contributed by atoms with E-state index in [-0.39, 0.29) is 105 Å². The lowest BCUT2D eigenvalue weighted by Gasteiger charge is -2.36. The first kappa shape index (κ1) is 74.3. The van der Waals surface area contributed by atoms with Gasteiger partial charge in [0.15, 0.2) is 11.5 Å². The predicted molar refractivity (Wildman–Crippen MR) is 297 cm³/mol. The quantitative estimate of drug-likeness (QED) is 0.0439. The summed E-state index contributed by atoms with van der Waals surface area (Å²) < 4.78 is 255. The van der Waals surface area contributed by atoms with Crippen LogP contribution in [0.5, 0.6) is 11.5 Å². The number of nitrogens with two attached hydrogens (primary N) is 1. The van der Waals surface area contributed by atoms with Gasteiger partial charge in [0.2, 0.25) is 0 Å². The summed E-state index contributed by atoms with van der Waals surface area (Å²) in [5.74, 6) is -16.3. The summed E-state index contributed by atoms with van der Waals surface area (Å²) in [6.45, 7) is 7.99. The Bertz CT molecular complexity index is 3840. The van der Waals surface area contributed by atoms with E-state index in [2.05, 4.69) is 16.0 Å². The average molecular weight is 1330 g/mol. The maximum Gasteiger partial charge on any atom is 0.457 e. The molecule has 0 heterocycles. The van der Waals surface area contributed by atoms with Gasteiger partial charge in [-0.3, -0.25) is 19.2 Å². The number of aryl methyl sites for hydroxylation is 6. The Morgan fingerprint density at radius 3 is 1.16 bits per heavy atom. The van der Waals surface area contributed by atoms with Gasteiger partial charge in [0.1, 0.15) is 0 Å². The fourth-order valence-corrected chi connectivity index (χ4v) is 9.17. The van der Waals surface area contributed by atoms with Crippen molar-refractivity contribution in [1.29, 1.82) is 10.5 Å². The number of alkyl halides is 18. The molecule has 0 saturated heterocycles. The van der Waals surface area contributed by atoms with Crippen molar-refractivity contribution in [3.05, 3.63) is 175 Å². The van der Waals surface area contributed by atoms with Crippen molar-refractivity contribution in [2.45, 2.75) is 102 Å². The molecule has 0 radical (unpaired) electrons. The first-order valence-corrected chi connectivity index (χ1v) is 26.1. The number of nitriles is 2. The van der Waals surface area contributed by atoms with E-state index >= 15 is 4.39 Å². The van der Waals surface area contributed by atoms with Crippen molar-refractivity contribution in [2.75, 3.05) is 35.9 Å². The van der Waals surface area contributed by atoms with Crippen LogP contribution in [0.3, 0.4) is 0 Å². The van der Waals surface area contributed by atoms with Gasteiger partial charge in [-0.25, -0.2) is 8.78 Å². The zero-order valence-electron chi connectivity index (χ0n) is 48.3. The lowest BCUT2D eigenvalue weighted by molar-refractivity contribution is -0.389. The Morgan fingerprint density at radius 1 is 0.473 bits per heavy atom. The topological polar surface area (TPSA) is 196 Å². The SMILES string of the molecule is CCc1cc(C(F)(C(F)(F)F)C(F)(F)C(F)(F)F)cc(C)c1NC(=O)c1cccc(N)c1OC.CCc1cc(C(F)(C(F)(F)F)C(F)(F)C(F)(F)F)cc(C)c1NC(=O)c1cccc(NC(=O)c2ccc(C#N)cc2C)c1OC.Cc1cc(C#N)ccc1C(=O)Cl. The number of halogens is 19. The van der Waals surface area contributed by atoms with Crippen LogP contribution in [0.2, 0.25) is 0 Å². The van der Waals surface area contributed by atoms with E-state index in [9.17, 15) is 93.8 Å². The second kappa shape index (κ2) is 27.9. The molecule has 0 fully saturated rings. The van der Waals surface area contributed by atoms with Gasteiger partial charge in [0.05, 0.1) is 60.0 Å². The number of nitrogens with one attached hydrogen (secondary N) is 3. The zero-order chi connectivity index (χ0) is 69.5. The molecule has 6 aromatic rings. The largest absolute Gasteiger partial charge is 0.494 e. The molecule has 0 saturated carbocycles. The van der Waals surface area contributed by atoms with E-state index in [0.29, 0.717) is 22.3 Å². The molecule has 0 spiro atoms. The van der Waals surface area contributed by atoms with E-state index in [0.717, 1.165) is 19.4 Å². The third-order valence-corrected chi connectivity index (χ3v) is 13.8. The van der Waals surface area contributed by atoms with Gasteiger partial charge in [-0.15, -0.1) is 0 Å². The van der Waals surface area contributed by atoms with Gasteiger partial charge in [-0.05, 0) is 158 Å². The summed E-state index contributed by atoms with van der Waals surface area (Å²) in [7, 11) is 2.39. The van der Waals surface area contributed by atoms with Gasteiger partial charge >= 0.3 is 47.9 Å². The van der Waals surface area contributed by atoms with Gasteiger partial charge in [0.25, 0.3) is 23.0 Å². The molecule has 3 amide bonds. The van der Waals surface area contributed by atoms with E-state index in [1.54, 1.807) is 32.0 Å². The first-order chi connectivity index (χ1) is 41.8. The number of rotatable bonds is 15. The molecule has 0 aliphatic carbocycles. The molecule has 0 bridgehead atoms. The van der Waals surface area contributed by atoms with Crippen molar-refractivity contribution in [2.24, 2.45) is 0 Å². The van der Waals surface area contributed by atoms with E-state index in [1.165, 1.54) is 82.7 Å². The number of amides is 3. The number of hydrogen-bond acceptors (Lipinski definition) is 9. The van der Waals surface area contributed by atoms with E-state index in [4.69, 9.17) is 37.3 Å². The third-order valence-electron chi connectivity index (χ3n) is 13.6. The van der Waals surface area contributed by atoms with Crippen LogP contribution in [0.15, 0.2) is 97.1 Å². The van der Waals surface area contributed by atoms with Crippen LogP contribution in [-0.2, 0) is 24.2 Å².